The molecule has 0 heterocycles. The number of hydrogen-bond acceptors (Lipinski definition) is 0. The molecule has 0 aromatic heterocycles. The summed E-state index contributed by atoms with van der Waals surface area (Å²) >= 11 is 0. The zero-order valence-electron chi connectivity index (χ0n) is 23.4. The maximum absolute atomic E-state index is 2.53. The summed E-state index contributed by atoms with van der Waals surface area (Å²) in [6.45, 7) is 9.83. The normalized spacial score (nSPS) is 28.9. The molecule has 3 rings (SSSR count). The molecule has 1 aromatic carbocycles. The summed E-state index contributed by atoms with van der Waals surface area (Å²) in [6, 6.07) is 9.61. The van der Waals surface area contributed by atoms with Gasteiger partial charge < -0.3 is 8.97 Å². The van der Waals surface area contributed by atoms with E-state index in [4.69, 9.17) is 0 Å². The molecule has 0 saturated heterocycles. The first-order valence-corrected chi connectivity index (χ1v) is 14.0. The lowest BCUT2D eigenvalue weighted by Crippen LogP contribution is -2.47. The molecule has 0 radical (unpaired) electrons. The van der Waals surface area contributed by atoms with Gasteiger partial charge in [0.1, 0.15) is 13.1 Å². The third-order valence-electron chi connectivity index (χ3n) is 8.33. The molecule has 0 fully saturated rings. The van der Waals surface area contributed by atoms with Crippen LogP contribution in [0, 0.1) is 10.8 Å². The van der Waals surface area contributed by atoms with Crippen molar-refractivity contribution in [3.05, 3.63) is 59.7 Å². The van der Waals surface area contributed by atoms with Crippen molar-refractivity contribution < 1.29 is 8.97 Å². The van der Waals surface area contributed by atoms with E-state index in [-0.39, 0.29) is 0 Å². The van der Waals surface area contributed by atoms with Crippen molar-refractivity contribution in [1.82, 2.24) is 0 Å². The van der Waals surface area contributed by atoms with Crippen LogP contribution < -0.4 is 0 Å². The van der Waals surface area contributed by atoms with Crippen LogP contribution in [-0.4, -0.2) is 50.2 Å². The average molecular weight is 467 g/mol. The molecule has 2 aliphatic rings. The summed E-state index contributed by atoms with van der Waals surface area (Å²) in [7, 11) is 9.72. The number of nitrogens with zero attached hydrogens (tertiary/aromatic N) is 2. The Labute approximate surface area is 211 Å². The van der Waals surface area contributed by atoms with Gasteiger partial charge in [-0.1, -0.05) is 62.4 Å². The van der Waals surface area contributed by atoms with Crippen LogP contribution in [0.2, 0.25) is 0 Å². The van der Waals surface area contributed by atoms with Crippen molar-refractivity contribution >= 4 is 0 Å². The van der Waals surface area contributed by atoms with E-state index in [0.717, 1.165) is 22.1 Å². The predicted molar refractivity (Wildman–Crippen MR) is 148 cm³/mol. The number of benzene rings is 1. The molecular weight excluding hydrogens is 412 g/mol. The van der Waals surface area contributed by atoms with Gasteiger partial charge in [0.25, 0.3) is 0 Å². The topological polar surface area (TPSA) is 0 Å². The van der Waals surface area contributed by atoms with Crippen molar-refractivity contribution in [3.8, 4) is 0 Å². The van der Waals surface area contributed by atoms with Crippen molar-refractivity contribution in [1.29, 1.82) is 0 Å². The molecule has 2 nitrogen and oxygen atoms in total. The zero-order chi connectivity index (χ0) is 24.7. The van der Waals surface area contributed by atoms with Crippen molar-refractivity contribution in [2.24, 2.45) is 10.8 Å². The highest BCUT2D eigenvalue weighted by Gasteiger charge is 2.34. The first-order valence-electron chi connectivity index (χ1n) is 14.0. The Bertz CT molecular complexity index is 747. The van der Waals surface area contributed by atoms with Crippen LogP contribution in [0.1, 0.15) is 89.2 Å². The maximum atomic E-state index is 2.53. The molecule has 34 heavy (non-hydrogen) atoms. The fourth-order valence-electron chi connectivity index (χ4n) is 7.11. The molecule has 1 aromatic rings. The summed E-state index contributed by atoms with van der Waals surface area (Å²) in [6.07, 6.45) is 22.6. The Morgan fingerprint density at radius 3 is 1.29 bits per heavy atom. The number of quaternary nitrogens is 2. The molecule has 2 atom stereocenters. The highest BCUT2D eigenvalue weighted by molar-refractivity contribution is 5.21. The van der Waals surface area contributed by atoms with Gasteiger partial charge in [0.2, 0.25) is 0 Å². The van der Waals surface area contributed by atoms with E-state index in [1.165, 1.54) is 88.4 Å². The van der Waals surface area contributed by atoms with Crippen LogP contribution in [0.15, 0.2) is 48.6 Å². The van der Waals surface area contributed by atoms with Gasteiger partial charge in [-0.3, -0.25) is 0 Å². The molecule has 0 bridgehead atoms. The molecule has 2 unspecified atom stereocenters. The second-order valence-corrected chi connectivity index (χ2v) is 13.7. The summed E-state index contributed by atoms with van der Waals surface area (Å²) < 4.78 is 2.15. The number of rotatable bonds is 8. The fraction of sp³-hybridized carbons (Fsp3) is 0.688. The van der Waals surface area contributed by atoms with Crippen LogP contribution in [0.25, 0.3) is 0 Å². The summed E-state index contributed by atoms with van der Waals surface area (Å²) in [4.78, 5) is 0. The Balaban J connectivity index is 1.57. The van der Waals surface area contributed by atoms with Gasteiger partial charge in [-0.25, -0.2) is 0 Å². The Morgan fingerprint density at radius 1 is 0.559 bits per heavy atom. The van der Waals surface area contributed by atoms with Crippen molar-refractivity contribution in [2.45, 2.75) is 91.1 Å². The Kier molecular flexibility index (Phi) is 9.26. The molecule has 2 heteroatoms. The van der Waals surface area contributed by atoms with Crippen LogP contribution in [0.3, 0.4) is 0 Å². The lowest BCUT2D eigenvalue weighted by Gasteiger charge is -2.40. The third-order valence-corrected chi connectivity index (χ3v) is 8.33. The molecule has 0 N–H and O–H groups in total. The first-order chi connectivity index (χ1) is 16.0. The number of allylic oxidation sites excluding steroid dienone is 4. The smallest absolute Gasteiger partial charge is 0.104 e. The Morgan fingerprint density at radius 2 is 0.912 bits per heavy atom. The van der Waals surface area contributed by atoms with Gasteiger partial charge in [0.15, 0.2) is 0 Å². The van der Waals surface area contributed by atoms with Crippen LogP contribution >= 0.6 is 0 Å². The quantitative estimate of drug-likeness (QED) is 0.270. The third kappa shape index (κ3) is 9.00. The van der Waals surface area contributed by atoms with Crippen molar-refractivity contribution in [3.63, 3.8) is 0 Å². The van der Waals surface area contributed by atoms with E-state index in [9.17, 15) is 0 Å². The highest BCUT2D eigenvalue weighted by atomic mass is 15.3. The number of hydrogen-bond donors (Lipinski definition) is 0. The van der Waals surface area contributed by atoms with Gasteiger partial charge >= 0.3 is 0 Å². The lowest BCUT2D eigenvalue weighted by atomic mass is 9.78. The van der Waals surface area contributed by atoms with E-state index in [1.54, 1.807) is 0 Å². The molecule has 0 spiro atoms. The highest BCUT2D eigenvalue weighted by Crippen LogP contribution is 2.36. The van der Waals surface area contributed by atoms with Gasteiger partial charge in [0, 0.05) is 22.0 Å². The molecular formula is C32H54N2+2. The minimum atomic E-state index is 0.457. The molecule has 190 valence electrons. The standard InChI is InChI=1S/C32H54N2/c1-31(21-13-9-7-10-14-22-31)27-33(3,4)25-29-17-19-30(20-18-29)26-34(5,6)28-32(2)23-15-11-8-12-16-24-32/h7-9,11,17-20H,10,12-16,21-28H2,1-6H3/q+2/b9-7-,11-8-. The molecule has 0 amide bonds. The maximum Gasteiger partial charge on any atom is 0.104 e. The van der Waals surface area contributed by atoms with E-state index in [1.807, 2.05) is 0 Å². The molecule has 0 saturated carbocycles. The molecule has 0 aliphatic heterocycles. The van der Waals surface area contributed by atoms with E-state index < -0.39 is 0 Å². The van der Waals surface area contributed by atoms with E-state index in [0.29, 0.717) is 10.8 Å². The van der Waals surface area contributed by atoms with Crippen LogP contribution in [0.4, 0.5) is 0 Å². The lowest BCUT2D eigenvalue weighted by molar-refractivity contribution is -0.910. The summed E-state index contributed by atoms with van der Waals surface area (Å²) in [5, 5.41) is 0. The largest absolute Gasteiger partial charge is 0.324 e. The summed E-state index contributed by atoms with van der Waals surface area (Å²) in [5.41, 5.74) is 3.87. The average Bonchev–Trinajstić information content (AvgIpc) is 2.69. The summed E-state index contributed by atoms with van der Waals surface area (Å²) in [5.74, 6) is 0. The monoisotopic (exact) mass is 466 g/mol. The second-order valence-electron chi connectivity index (χ2n) is 13.7. The van der Waals surface area contributed by atoms with E-state index >= 15 is 0 Å². The first kappa shape index (κ1) is 27.2. The van der Waals surface area contributed by atoms with Gasteiger partial charge in [-0.05, 0) is 64.2 Å². The minimum absolute atomic E-state index is 0.457. The Hall–Kier alpha value is -1.38. The van der Waals surface area contributed by atoms with Crippen LogP contribution in [-0.2, 0) is 13.1 Å². The SMILES string of the molecule is CC1(C[N+](C)(C)Cc2ccc(C[N+](C)(C)CC3(C)CC/C=C\CCC3)cc2)CC/C=C\CCC1. The van der Waals surface area contributed by atoms with Crippen LogP contribution in [0.5, 0.6) is 0 Å². The molecule has 2 aliphatic carbocycles. The zero-order valence-corrected chi connectivity index (χ0v) is 23.4. The van der Waals surface area contributed by atoms with Crippen molar-refractivity contribution in [2.75, 3.05) is 41.3 Å². The minimum Gasteiger partial charge on any atom is -0.324 e. The van der Waals surface area contributed by atoms with Gasteiger partial charge in [-0.2, -0.15) is 0 Å². The second kappa shape index (κ2) is 11.6. The van der Waals surface area contributed by atoms with Gasteiger partial charge in [-0.15, -0.1) is 0 Å². The fourth-order valence-corrected chi connectivity index (χ4v) is 7.11. The predicted octanol–water partition coefficient (Wildman–Crippen LogP) is 7.89. The van der Waals surface area contributed by atoms with E-state index in [2.05, 4.69) is 90.6 Å². The van der Waals surface area contributed by atoms with Gasteiger partial charge in [0.05, 0.1) is 41.3 Å².